The topological polar surface area (TPSA) is 23.5 Å². The number of hydrogen-bond donors (Lipinski definition) is 1. The van der Waals surface area contributed by atoms with Crippen molar-refractivity contribution in [3.8, 4) is 0 Å². The standard InChI is InChI=1S/C12H15ClFNO/c1-2-5-15(6-7-16)9-10-3-4-11(13)12(14)8-10/h2-4,8,16H,1,5-7,9H2. The molecule has 0 amide bonds. The average molecular weight is 244 g/mol. The van der Waals surface area contributed by atoms with Crippen LogP contribution in [0.25, 0.3) is 0 Å². The third-order valence-corrected chi connectivity index (χ3v) is 2.50. The third-order valence-electron chi connectivity index (χ3n) is 2.19. The van der Waals surface area contributed by atoms with E-state index in [4.69, 9.17) is 16.7 Å². The molecule has 0 aromatic heterocycles. The molecule has 0 atom stereocenters. The Bertz CT molecular complexity index is 357. The molecule has 16 heavy (non-hydrogen) atoms. The monoisotopic (exact) mass is 243 g/mol. The molecular formula is C12H15ClFNO. The van der Waals surface area contributed by atoms with Crippen LogP contribution in [0, 0.1) is 5.82 Å². The SMILES string of the molecule is C=CCN(CCO)Cc1ccc(Cl)c(F)c1. The fourth-order valence-electron chi connectivity index (χ4n) is 1.46. The summed E-state index contributed by atoms with van der Waals surface area (Å²) in [5.41, 5.74) is 0.831. The predicted molar refractivity (Wildman–Crippen MR) is 64.0 cm³/mol. The number of rotatable bonds is 6. The van der Waals surface area contributed by atoms with Crippen molar-refractivity contribution >= 4 is 11.6 Å². The summed E-state index contributed by atoms with van der Waals surface area (Å²) in [6.45, 7) is 5.48. The molecule has 0 heterocycles. The molecule has 1 aromatic carbocycles. The van der Waals surface area contributed by atoms with E-state index < -0.39 is 5.82 Å². The number of halogens is 2. The molecule has 0 saturated carbocycles. The minimum atomic E-state index is -0.415. The fourth-order valence-corrected chi connectivity index (χ4v) is 1.57. The summed E-state index contributed by atoms with van der Waals surface area (Å²) in [5, 5.41) is 8.99. The number of benzene rings is 1. The summed E-state index contributed by atoms with van der Waals surface area (Å²) in [6, 6.07) is 4.73. The number of nitrogens with zero attached hydrogens (tertiary/aromatic N) is 1. The quantitative estimate of drug-likeness (QED) is 0.776. The molecule has 1 rings (SSSR count). The molecule has 0 bridgehead atoms. The van der Waals surface area contributed by atoms with Crippen LogP contribution in [-0.2, 0) is 6.54 Å². The van der Waals surface area contributed by atoms with Gasteiger partial charge in [-0.3, -0.25) is 4.90 Å². The minimum absolute atomic E-state index is 0.0733. The van der Waals surface area contributed by atoms with E-state index >= 15 is 0 Å². The Balaban J connectivity index is 2.68. The molecule has 0 radical (unpaired) electrons. The van der Waals surface area contributed by atoms with Crippen molar-refractivity contribution < 1.29 is 9.50 Å². The van der Waals surface area contributed by atoms with Crippen molar-refractivity contribution in [2.45, 2.75) is 6.54 Å². The molecule has 88 valence electrons. The molecule has 4 heteroatoms. The fraction of sp³-hybridized carbons (Fsp3) is 0.333. The molecule has 0 spiro atoms. The summed E-state index contributed by atoms with van der Waals surface area (Å²) in [5.74, 6) is -0.415. The van der Waals surface area contributed by atoms with Gasteiger partial charge in [-0.25, -0.2) is 4.39 Å². The second-order valence-electron chi connectivity index (χ2n) is 3.50. The van der Waals surface area contributed by atoms with Gasteiger partial charge in [0.25, 0.3) is 0 Å². The molecule has 0 fully saturated rings. The van der Waals surface area contributed by atoms with Crippen molar-refractivity contribution in [1.29, 1.82) is 0 Å². The maximum Gasteiger partial charge on any atom is 0.142 e. The van der Waals surface area contributed by atoms with Crippen molar-refractivity contribution in [1.82, 2.24) is 4.90 Å². The first-order valence-corrected chi connectivity index (χ1v) is 5.43. The summed E-state index contributed by atoms with van der Waals surface area (Å²) < 4.78 is 13.2. The van der Waals surface area contributed by atoms with Crippen LogP contribution in [0.15, 0.2) is 30.9 Å². The molecule has 0 saturated heterocycles. The van der Waals surface area contributed by atoms with Crippen LogP contribution in [0.1, 0.15) is 5.56 Å². The molecule has 0 aliphatic heterocycles. The van der Waals surface area contributed by atoms with E-state index in [-0.39, 0.29) is 11.6 Å². The van der Waals surface area contributed by atoms with Crippen molar-refractivity contribution in [3.63, 3.8) is 0 Å². The van der Waals surface area contributed by atoms with Gasteiger partial charge >= 0.3 is 0 Å². The van der Waals surface area contributed by atoms with E-state index in [9.17, 15) is 4.39 Å². The van der Waals surface area contributed by atoms with Crippen molar-refractivity contribution in [2.24, 2.45) is 0 Å². The third kappa shape index (κ3) is 3.93. The number of aliphatic hydroxyl groups excluding tert-OH is 1. The average Bonchev–Trinajstić information content (AvgIpc) is 2.24. The zero-order valence-corrected chi connectivity index (χ0v) is 9.75. The van der Waals surface area contributed by atoms with E-state index in [0.717, 1.165) is 5.56 Å². The summed E-state index contributed by atoms with van der Waals surface area (Å²) in [7, 11) is 0. The van der Waals surface area contributed by atoms with Crippen molar-refractivity contribution in [2.75, 3.05) is 19.7 Å². The van der Waals surface area contributed by atoms with Gasteiger partial charge in [0.1, 0.15) is 5.82 Å². The summed E-state index contributed by atoms with van der Waals surface area (Å²) >= 11 is 5.59. The predicted octanol–water partition coefficient (Wildman–Crippen LogP) is 2.46. The Hall–Kier alpha value is -0.900. The highest BCUT2D eigenvalue weighted by molar-refractivity contribution is 6.30. The second kappa shape index (κ2) is 6.63. The van der Waals surface area contributed by atoms with Crippen LogP contribution < -0.4 is 0 Å². The Morgan fingerprint density at radius 2 is 2.25 bits per heavy atom. The van der Waals surface area contributed by atoms with E-state index in [1.807, 2.05) is 4.90 Å². The smallest absolute Gasteiger partial charge is 0.142 e. The highest BCUT2D eigenvalue weighted by Gasteiger charge is 2.06. The second-order valence-corrected chi connectivity index (χ2v) is 3.90. The lowest BCUT2D eigenvalue weighted by atomic mass is 10.2. The lowest BCUT2D eigenvalue weighted by molar-refractivity contribution is 0.203. The van der Waals surface area contributed by atoms with Crippen LogP contribution in [0.5, 0.6) is 0 Å². The largest absolute Gasteiger partial charge is 0.395 e. The van der Waals surface area contributed by atoms with Gasteiger partial charge in [0.2, 0.25) is 0 Å². The van der Waals surface area contributed by atoms with Crippen LogP contribution in [-0.4, -0.2) is 29.7 Å². The van der Waals surface area contributed by atoms with Gasteiger partial charge in [0.15, 0.2) is 0 Å². The lowest BCUT2D eigenvalue weighted by Gasteiger charge is -2.19. The molecule has 0 unspecified atom stereocenters. The maximum absolute atomic E-state index is 13.2. The Labute approximate surface area is 100.0 Å². The van der Waals surface area contributed by atoms with E-state index in [0.29, 0.717) is 19.6 Å². The highest BCUT2D eigenvalue weighted by atomic mass is 35.5. The first kappa shape index (κ1) is 13.2. The van der Waals surface area contributed by atoms with Crippen LogP contribution in [0.3, 0.4) is 0 Å². The van der Waals surface area contributed by atoms with Gasteiger partial charge in [0, 0.05) is 19.6 Å². The Kier molecular flexibility index (Phi) is 5.46. The maximum atomic E-state index is 13.2. The molecular weight excluding hydrogens is 229 g/mol. The van der Waals surface area contributed by atoms with Gasteiger partial charge in [-0.1, -0.05) is 23.7 Å². The van der Waals surface area contributed by atoms with Gasteiger partial charge in [-0.2, -0.15) is 0 Å². The lowest BCUT2D eigenvalue weighted by Crippen LogP contribution is -2.26. The normalized spacial score (nSPS) is 10.8. The first-order chi connectivity index (χ1) is 7.67. The number of aliphatic hydroxyl groups is 1. The zero-order chi connectivity index (χ0) is 12.0. The van der Waals surface area contributed by atoms with Crippen LogP contribution >= 0.6 is 11.6 Å². The van der Waals surface area contributed by atoms with Crippen LogP contribution in [0.2, 0.25) is 5.02 Å². The van der Waals surface area contributed by atoms with Gasteiger partial charge in [0.05, 0.1) is 11.6 Å². The van der Waals surface area contributed by atoms with Gasteiger partial charge in [-0.15, -0.1) is 6.58 Å². The van der Waals surface area contributed by atoms with E-state index in [1.54, 1.807) is 12.1 Å². The molecule has 0 aliphatic carbocycles. The summed E-state index contributed by atoms with van der Waals surface area (Å²) in [6.07, 6.45) is 1.75. The Morgan fingerprint density at radius 3 is 2.81 bits per heavy atom. The van der Waals surface area contributed by atoms with Crippen molar-refractivity contribution in [3.05, 3.63) is 47.3 Å². The Morgan fingerprint density at radius 1 is 1.50 bits per heavy atom. The summed E-state index contributed by atoms with van der Waals surface area (Å²) in [4.78, 5) is 1.97. The first-order valence-electron chi connectivity index (χ1n) is 5.05. The molecule has 1 N–H and O–H groups in total. The zero-order valence-electron chi connectivity index (χ0n) is 9.00. The van der Waals surface area contributed by atoms with E-state index in [2.05, 4.69) is 6.58 Å². The highest BCUT2D eigenvalue weighted by Crippen LogP contribution is 2.16. The minimum Gasteiger partial charge on any atom is -0.395 e. The number of hydrogen-bond acceptors (Lipinski definition) is 2. The van der Waals surface area contributed by atoms with E-state index in [1.165, 1.54) is 12.1 Å². The molecule has 1 aromatic rings. The molecule has 0 aliphatic rings. The van der Waals surface area contributed by atoms with Gasteiger partial charge in [-0.05, 0) is 17.7 Å². The molecule has 2 nitrogen and oxygen atoms in total. The van der Waals surface area contributed by atoms with Gasteiger partial charge < -0.3 is 5.11 Å². The van der Waals surface area contributed by atoms with Crippen LogP contribution in [0.4, 0.5) is 4.39 Å².